The molecule has 1 unspecified atom stereocenters. The van der Waals surface area contributed by atoms with Gasteiger partial charge < -0.3 is 10.6 Å². The third-order valence-electron chi connectivity index (χ3n) is 5.18. The summed E-state index contributed by atoms with van der Waals surface area (Å²) >= 11 is 0. The minimum atomic E-state index is -0.181. The lowest BCUT2D eigenvalue weighted by Gasteiger charge is -2.30. The number of likely N-dealkylation sites (tertiary alicyclic amines) is 1. The molecule has 1 aliphatic rings. The van der Waals surface area contributed by atoms with E-state index in [1.165, 1.54) is 5.56 Å². The first-order valence-corrected chi connectivity index (χ1v) is 9.02. The molecule has 4 heteroatoms. The number of rotatable bonds is 5. The summed E-state index contributed by atoms with van der Waals surface area (Å²) in [4.78, 5) is 17.1. The molecule has 0 aliphatic carbocycles. The van der Waals surface area contributed by atoms with Gasteiger partial charge in [-0.05, 0) is 31.5 Å². The van der Waals surface area contributed by atoms with E-state index in [9.17, 15) is 4.79 Å². The van der Waals surface area contributed by atoms with Gasteiger partial charge in [-0.1, -0.05) is 48.5 Å². The van der Waals surface area contributed by atoms with Crippen molar-refractivity contribution >= 4 is 11.6 Å². The van der Waals surface area contributed by atoms with Crippen molar-refractivity contribution in [1.82, 2.24) is 4.90 Å². The molecule has 132 valence electrons. The zero-order valence-electron chi connectivity index (χ0n) is 15.0. The first-order valence-electron chi connectivity index (χ1n) is 9.02. The Kier molecular flexibility index (Phi) is 5.51. The van der Waals surface area contributed by atoms with Crippen LogP contribution in [0.25, 0.3) is 0 Å². The highest BCUT2D eigenvalue weighted by atomic mass is 16.2. The fourth-order valence-corrected chi connectivity index (χ4v) is 3.68. The van der Waals surface area contributed by atoms with E-state index >= 15 is 0 Å². The number of benzene rings is 2. The number of likely N-dealkylation sites (N-methyl/N-ethyl adjacent to an activating group) is 1. The van der Waals surface area contributed by atoms with Crippen molar-refractivity contribution < 1.29 is 4.79 Å². The molecule has 1 saturated heterocycles. The summed E-state index contributed by atoms with van der Waals surface area (Å²) in [6, 6.07) is 20.1. The van der Waals surface area contributed by atoms with E-state index in [0.717, 1.165) is 18.8 Å². The number of nitrogens with zero attached hydrogens (tertiary/aromatic N) is 2. The van der Waals surface area contributed by atoms with Crippen molar-refractivity contribution in [2.75, 3.05) is 24.5 Å². The van der Waals surface area contributed by atoms with Gasteiger partial charge in [0.1, 0.15) is 0 Å². The van der Waals surface area contributed by atoms with Gasteiger partial charge in [0.05, 0.1) is 6.04 Å². The van der Waals surface area contributed by atoms with Crippen LogP contribution in [0.1, 0.15) is 25.3 Å². The maximum absolute atomic E-state index is 13.1. The van der Waals surface area contributed by atoms with Gasteiger partial charge in [-0.3, -0.25) is 9.69 Å². The molecule has 0 saturated carbocycles. The number of carbonyl (C=O) groups excluding carboxylic acids is 1. The fraction of sp³-hybridized carbons (Fsp3) is 0.381. The summed E-state index contributed by atoms with van der Waals surface area (Å²) in [5, 5.41) is 0. The van der Waals surface area contributed by atoms with Gasteiger partial charge in [0, 0.05) is 37.3 Å². The van der Waals surface area contributed by atoms with Crippen LogP contribution in [0, 0.1) is 0 Å². The molecule has 3 rings (SSSR count). The Hall–Kier alpha value is -2.17. The topological polar surface area (TPSA) is 49.6 Å². The van der Waals surface area contributed by atoms with E-state index in [1.54, 1.807) is 0 Å². The molecule has 0 bridgehead atoms. The standard InChI is InChI=1S/C21H27N3O/c1-3-24(18-12-8-5-9-13-18)21(25)16(2)23-14-19(20(22)15-23)17-10-6-4-7-11-17/h4-13,16,19-20H,3,14-15,22H2,1-2H3/t16?,19-,20+/m0/s1. The van der Waals surface area contributed by atoms with Gasteiger partial charge in [0.15, 0.2) is 0 Å². The Morgan fingerprint density at radius 2 is 1.72 bits per heavy atom. The second kappa shape index (κ2) is 7.81. The Balaban J connectivity index is 1.72. The van der Waals surface area contributed by atoms with Crippen molar-refractivity contribution in [3.8, 4) is 0 Å². The molecule has 0 radical (unpaired) electrons. The molecule has 1 heterocycles. The van der Waals surface area contributed by atoms with Gasteiger partial charge in [-0.15, -0.1) is 0 Å². The monoisotopic (exact) mass is 337 g/mol. The normalized spacial score (nSPS) is 21.9. The molecule has 25 heavy (non-hydrogen) atoms. The van der Waals surface area contributed by atoms with E-state index in [-0.39, 0.29) is 23.9 Å². The quantitative estimate of drug-likeness (QED) is 0.913. The molecule has 1 aliphatic heterocycles. The molecule has 2 N–H and O–H groups in total. The fourth-order valence-electron chi connectivity index (χ4n) is 3.68. The van der Waals surface area contributed by atoms with Crippen LogP contribution in [0.3, 0.4) is 0 Å². The van der Waals surface area contributed by atoms with Crippen LogP contribution in [0.15, 0.2) is 60.7 Å². The third-order valence-corrected chi connectivity index (χ3v) is 5.18. The molecule has 2 aromatic rings. The molecule has 4 nitrogen and oxygen atoms in total. The number of anilines is 1. The van der Waals surface area contributed by atoms with Crippen molar-refractivity contribution in [1.29, 1.82) is 0 Å². The summed E-state index contributed by atoms with van der Waals surface area (Å²) < 4.78 is 0. The SMILES string of the molecule is CCN(C(=O)C(C)N1C[C@@H](N)[C@H](c2ccccc2)C1)c1ccccc1. The smallest absolute Gasteiger partial charge is 0.244 e. The summed E-state index contributed by atoms with van der Waals surface area (Å²) in [6.07, 6.45) is 0. The van der Waals surface area contributed by atoms with Gasteiger partial charge in [-0.25, -0.2) is 0 Å². The van der Waals surface area contributed by atoms with Crippen molar-refractivity contribution in [3.05, 3.63) is 66.2 Å². The number of nitrogens with two attached hydrogens (primary N) is 1. The van der Waals surface area contributed by atoms with Crippen molar-refractivity contribution in [2.45, 2.75) is 31.8 Å². The summed E-state index contributed by atoms with van der Waals surface area (Å²) in [5.41, 5.74) is 8.60. The second-order valence-electron chi connectivity index (χ2n) is 6.73. The van der Waals surface area contributed by atoms with Gasteiger partial charge >= 0.3 is 0 Å². The minimum absolute atomic E-state index is 0.0597. The first-order chi connectivity index (χ1) is 12.1. The lowest BCUT2D eigenvalue weighted by atomic mass is 9.95. The highest BCUT2D eigenvalue weighted by Gasteiger charge is 2.36. The molecular formula is C21H27N3O. The molecule has 1 amide bonds. The van der Waals surface area contributed by atoms with Crippen LogP contribution < -0.4 is 10.6 Å². The second-order valence-corrected chi connectivity index (χ2v) is 6.73. The number of carbonyl (C=O) groups is 1. The average molecular weight is 337 g/mol. The van der Waals surface area contributed by atoms with Gasteiger partial charge in [-0.2, -0.15) is 0 Å². The molecule has 2 aromatic carbocycles. The summed E-state index contributed by atoms with van der Waals surface area (Å²) in [6.45, 7) is 6.24. The van der Waals surface area contributed by atoms with Crippen LogP contribution in [0.4, 0.5) is 5.69 Å². The largest absolute Gasteiger partial charge is 0.326 e. The molecule has 3 atom stereocenters. The number of hydrogen-bond acceptors (Lipinski definition) is 3. The van der Waals surface area contributed by atoms with Crippen LogP contribution in [-0.4, -0.2) is 42.5 Å². The van der Waals surface area contributed by atoms with Crippen LogP contribution in [-0.2, 0) is 4.79 Å². The molecular weight excluding hydrogens is 310 g/mol. The van der Waals surface area contributed by atoms with E-state index in [2.05, 4.69) is 17.0 Å². The first kappa shape index (κ1) is 17.6. The van der Waals surface area contributed by atoms with Crippen LogP contribution in [0.5, 0.6) is 0 Å². The maximum Gasteiger partial charge on any atom is 0.244 e. The number of para-hydroxylation sites is 1. The van der Waals surface area contributed by atoms with Gasteiger partial charge in [0.2, 0.25) is 5.91 Å². The Bertz CT molecular complexity index is 689. The molecule has 1 fully saturated rings. The molecule has 0 aromatic heterocycles. The van der Waals surface area contributed by atoms with E-state index in [4.69, 9.17) is 5.73 Å². The van der Waals surface area contributed by atoms with E-state index in [1.807, 2.05) is 67.3 Å². The average Bonchev–Trinajstić information content (AvgIpc) is 3.05. The third kappa shape index (κ3) is 3.75. The molecule has 0 spiro atoms. The summed E-state index contributed by atoms with van der Waals surface area (Å²) in [5.74, 6) is 0.415. The Morgan fingerprint density at radius 3 is 2.32 bits per heavy atom. The lowest BCUT2D eigenvalue weighted by molar-refractivity contribution is -0.122. The predicted octanol–water partition coefficient (Wildman–Crippen LogP) is 2.85. The van der Waals surface area contributed by atoms with Crippen LogP contribution in [0.2, 0.25) is 0 Å². The zero-order valence-corrected chi connectivity index (χ0v) is 15.0. The highest BCUT2D eigenvalue weighted by Crippen LogP contribution is 2.28. The maximum atomic E-state index is 13.1. The van der Waals surface area contributed by atoms with Crippen molar-refractivity contribution in [3.63, 3.8) is 0 Å². The minimum Gasteiger partial charge on any atom is -0.326 e. The van der Waals surface area contributed by atoms with Gasteiger partial charge in [0.25, 0.3) is 0 Å². The van der Waals surface area contributed by atoms with Crippen LogP contribution >= 0.6 is 0 Å². The number of amides is 1. The van der Waals surface area contributed by atoms with E-state index < -0.39 is 0 Å². The predicted molar refractivity (Wildman–Crippen MR) is 103 cm³/mol. The Labute approximate surface area is 150 Å². The zero-order chi connectivity index (χ0) is 17.8. The summed E-state index contributed by atoms with van der Waals surface area (Å²) in [7, 11) is 0. The Morgan fingerprint density at radius 1 is 1.12 bits per heavy atom. The highest BCUT2D eigenvalue weighted by molar-refractivity contribution is 5.96. The lowest BCUT2D eigenvalue weighted by Crippen LogP contribution is -2.47. The van der Waals surface area contributed by atoms with Crippen molar-refractivity contribution in [2.24, 2.45) is 5.73 Å². The van der Waals surface area contributed by atoms with E-state index in [0.29, 0.717) is 6.54 Å². The number of hydrogen-bond donors (Lipinski definition) is 1.